The summed E-state index contributed by atoms with van der Waals surface area (Å²) in [6, 6.07) is 16.3. The summed E-state index contributed by atoms with van der Waals surface area (Å²) in [5.41, 5.74) is 0.947. The van der Waals surface area contributed by atoms with Crippen molar-refractivity contribution in [3.8, 4) is 5.75 Å². The minimum absolute atomic E-state index is 0.0255. The van der Waals surface area contributed by atoms with E-state index in [0.717, 1.165) is 19.6 Å². The van der Waals surface area contributed by atoms with E-state index in [2.05, 4.69) is 22.3 Å². The zero-order chi connectivity index (χ0) is 21.8. The van der Waals surface area contributed by atoms with Crippen molar-refractivity contribution in [3.63, 3.8) is 0 Å². The summed E-state index contributed by atoms with van der Waals surface area (Å²) in [6.07, 6.45) is 1.21. The van der Waals surface area contributed by atoms with Gasteiger partial charge in [-0.05, 0) is 36.1 Å². The Labute approximate surface area is 180 Å². The number of hydrogen-bond acceptors (Lipinski definition) is 7. The molecule has 1 aromatic heterocycles. The van der Waals surface area contributed by atoms with Gasteiger partial charge in [0.1, 0.15) is 16.9 Å². The van der Waals surface area contributed by atoms with E-state index < -0.39 is 11.2 Å². The van der Waals surface area contributed by atoms with E-state index in [-0.39, 0.29) is 11.7 Å². The molecular weight excluding hydrogens is 396 g/mol. The highest BCUT2D eigenvalue weighted by molar-refractivity contribution is 5.82. The zero-order valence-corrected chi connectivity index (χ0v) is 17.5. The van der Waals surface area contributed by atoms with Crippen molar-refractivity contribution in [2.24, 2.45) is 0 Å². The number of piperidine rings is 1. The number of carbonyl (C=O) groups is 1. The highest BCUT2D eigenvalue weighted by Crippen LogP contribution is 2.27. The van der Waals surface area contributed by atoms with Crippen LogP contribution < -0.4 is 10.9 Å². The average molecular weight is 422 g/mol. The van der Waals surface area contributed by atoms with Gasteiger partial charge in [0.05, 0.1) is 7.11 Å². The van der Waals surface area contributed by atoms with Crippen LogP contribution >= 0.6 is 0 Å². The first-order valence-corrected chi connectivity index (χ1v) is 10.3. The summed E-state index contributed by atoms with van der Waals surface area (Å²) >= 11 is 0. The summed E-state index contributed by atoms with van der Waals surface area (Å²) in [4.78, 5) is 27.0. The Kier molecular flexibility index (Phi) is 6.06. The van der Waals surface area contributed by atoms with Gasteiger partial charge in [0.15, 0.2) is 0 Å². The molecule has 162 valence electrons. The third kappa shape index (κ3) is 4.62. The number of nitrogens with zero attached hydrogens (tertiary/aromatic N) is 1. The summed E-state index contributed by atoms with van der Waals surface area (Å²) in [6.45, 7) is 2.65. The van der Waals surface area contributed by atoms with E-state index in [1.165, 1.54) is 24.8 Å². The first-order chi connectivity index (χ1) is 15.0. The molecule has 31 heavy (non-hydrogen) atoms. The molecule has 3 aromatic rings. The van der Waals surface area contributed by atoms with Gasteiger partial charge in [-0.2, -0.15) is 0 Å². The van der Waals surface area contributed by atoms with Crippen LogP contribution in [0, 0.1) is 0 Å². The second kappa shape index (κ2) is 8.91. The van der Waals surface area contributed by atoms with Crippen LogP contribution in [-0.4, -0.2) is 41.7 Å². The molecule has 7 nitrogen and oxygen atoms in total. The maximum atomic E-state index is 12.7. The number of phenolic OH excluding ortho intramolecular Hbond substituents is 1. The molecule has 0 unspecified atom stereocenters. The standard InChI is InChI=1S/C24H26N2O5/c1-30-23(29)24(9-11-26(12-10-24)16-17-5-3-2-4-6-17)25-15-18-13-22(28)31-21-14-19(27)7-8-20(18)21/h2-8,13-14,25,27H,9-12,15-16H2,1H3. The van der Waals surface area contributed by atoms with Crippen LogP contribution in [0.5, 0.6) is 5.75 Å². The fourth-order valence-electron chi connectivity index (χ4n) is 4.21. The number of rotatable bonds is 6. The van der Waals surface area contributed by atoms with Gasteiger partial charge < -0.3 is 14.3 Å². The van der Waals surface area contributed by atoms with Crippen LogP contribution in [0.1, 0.15) is 24.0 Å². The Morgan fingerprint density at radius 2 is 1.90 bits per heavy atom. The molecule has 2 aromatic carbocycles. The summed E-state index contributed by atoms with van der Waals surface area (Å²) < 4.78 is 10.3. The molecule has 0 atom stereocenters. The lowest BCUT2D eigenvalue weighted by Gasteiger charge is -2.40. The molecule has 0 amide bonds. The molecular formula is C24H26N2O5. The number of benzene rings is 2. The molecule has 1 aliphatic rings. The number of aromatic hydroxyl groups is 1. The maximum Gasteiger partial charge on any atom is 0.336 e. The predicted octanol–water partition coefficient (Wildman–Crippen LogP) is 2.80. The number of carbonyl (C=O) groups excluding carboxylic acids is 1. The number of nitrogens with one attached hydrogen (secondary N) is 1. The SMILES string of the molecule is COC(=O)C1(NCc2cc(=O)oc3cc(O)ccc23)CCN(Cc2ccccc2)CC1. The minimum Gasteiger partial charge on any atom is -0.508 e. The molecule has 0 spiro atoms. The van der Waals surface area contributed by atoms with Gasteiger partial charge in [0.25, 0.3) is 0 Å². The summed E-state index contributed by atoms with van der Waals surface area (Å²) in [5.74, 6) is -0.269. The van der Waals surface area contributed by atoms with Gasteiger partial charge in [0.2, 0.25) is 0 Å². The summed E-state index contributed by atoms with van der Waals surface area (Å²) in [5, 5.41) is 13.8. The fourth-order valence-corrected chi connectivity index (χ4v) is 4.21. The minimum atomic E-state index is -0.818. The average Bonchev–Trinajstić information content (AvgIpc) is 2.78. The molecule has 0 bridgehead atoms. The van der Waals surface area contributed by atoms with Crippen molar-refractivity contribution in [1.82, 2.24) is 10.2 Å². The second-order valence-corrected chi connectivity index (χ2v) is 7.96. The molecule has 4 rings (SSSR count). The van der Waals surface area contributed by atoms with Gasteiger partial charge in [-0.3, -0.25) is 15.0 Å². The van der Waals surface area contributed by atoms with E-state index in [0.29, 0.717) is 35.9 Å². The van der Waals surface area contributed by atoms with E-state index in [9.17, 15) is 14.7 Å². The first kappa shape index (κ1) is 21.1. The van der Waals surface area contributed by atoms with Crippen molar-refractivity contribution in [1.29, 1.82) is 0 Å². The van der Waals surface area contributed by atoms with Gasteiger partial charge in [-0.15, -0.1) is 0 Å². The Bertz CT molecular complexity index is 1120. The van der Waals surface area contributed by atoms with Gasteiger partial charge >= 0.3 is 11.6 Å². The number of fused-ring (bicyclic) bond motifs is 1. The van der Waals surface area contributed by atoms with Gasteiger partial charge in [-0.25, -0.2) is 4.79 Å². The number of likely N-dealkylation sites (tertiary alicyclic amines) is 1. The lowest BCUT2D eigenvalue weighted by atomic mass is 9.86. The Hall–Kier alpha value is -3.16. The number of methoxy groups -OCH3 is 1. The monoisotopic (exact) mass is 422 g/mol. The normalized spacial score (nSPS) is 16.3. The maximum absolute atomic E-state index is 12.7. The summed E-state index contributed by atoms with van der Waals surface area (Å²) in [7, 11) is 1.40. The van der Waals surface area contributed by atoms with Crippen LogP contribution in [0.3, 0.4) is 0 Å². The Morgan fingerprint density at radius 3 is 2.61 bits per heavy atom. The zero-order valence-electron chi connectivity index (χ0n) is 17.5. The van der Waals surface area contributed by atoms with Crippen LogP contribution in [-0.2, 0) is 22.6 Å². The van der Waals surface area contributed by atoms with Crippen molar-refractivity contribution in [2.45, 2.75) is 31.5 Å². The van der Waals surface area contributed by atoms with Crippen molar-refractivity contribution in [3.05, 3.63) is 76.1 Å². The highest BCUT2D eigenvalue weighted by atomic mass is 16.5. The lowest BCUT2D eigenvalue weighted by Crippen LogP contribution is -2.58. The molecule has 1 fully saturated rings. The van der Waals surface area contributed by atoms with Crippen molar-refractivity contribution < 1.29 is 19.1 Å². The van der Waals surface area contributed by atoms with Crippen LogP contribution in [0.2, 0.25) is 0 Å². The molecule has 0 radical (unpaired) electrons. The Morgan fingerprint density at radius 1 is 1.16 bits per heavy atom. The smallest absolute Gasteiger partial charge is 0.336 e. The molecule has 2 heterocycles. The number of phenols is 1. The van der Waals surface area contributed by atoms with Crippen LogP contribution in [0.15, 0.2) is 63.8 Å². The molecule has 0 saturated carbocycles. The van der Waals surface area contributed by atoms with Crippen LogP contribution in [0.25, 0.3) is 11.0 Å². The third-order valence-electron chi connectivity index (χ3n) is 5.97. The number of hydrogen-bond donors (Lipinski definition) is 2. The van der Waals surface area contributed by atoms with E-state index in [1.807, 2.05) is 18.2 Å². The number of esters is 1. The van der Waals surface area contributed by atoms with E-state index >= 15 is 0 Å². The highest BCUT2D eigenvalue weighted by Gasteiger charge is 2.42. The molecule has 7 heteroatoms. The molecule has 2 N–H and O–H groups in total. The van der Waals surface area contributed by atoms with Crippen molar-refractivity contribution in [2.75, 3.05) is 20.2 Å². The lowest BCUT2D eigenvalue weighted by molar-refractivity contribution is -0.151. The Balaban J connectivity index is 1.50. The number of ether oxygens (including phenoxy) is 1. The topological polar surface area (TPSA) is 92.0 Å². The fraction of sp³-hybridized carbons (Fsp3) is 0.333. The largest absolute Gasteiger partial charge is 0.508 e. The van der Waals surface area contributed by atoms with Crippen molar-refractivity contribution >= 4 is 16.9 Å². The molecule has 1 saturated heterocycles. The van der Waals surface area contributed by atoms with E-state index in [1.54, 1.807) is 12.1 Å². The van der Waals surface area contributed by atoms with Crippen LogP contribution in [0.4, 0.5) is 0 Å². The second-order valence-electron chi connectivity index (χ2n) is 7.96. The quantitative estimate of drug-likeness (QED) is 0.466. The third-order valence-corrected chi connectivity index (χ3v) is 5.97. The molecule has 1 aliphatic heterocycles. The van der Waals surface area contributed by atoms with Gasteiger partial charge in [-0.1, -0.05) is 30.3 Å². The first-order valence-electron chi connectivity index (χ1n) is 10.3. The molecule has 0 aliphatic carbocycles. The van der Waals surface area contributed by atoms with E-state index in [4.69, 9.17) is 9.15 Å². The van der Waals surface area contributed by atoms with Gasteiger partial charge in [0, 0.05) is 43.7 Å². The predicted molar refractivity (Wildman–Crippen MR) is 117 cm³/mol.